The van der Waals surface area contributed by atoms with Gasteiger partial charge in [0.05, 0.1) is 40.4 Å². The van der Waals surface area contributed by atoms with Crippen molar-refractivity contribution in [3.63, 3.8) is 0 Å². The minimum atomic E-state index is -0.811. The van der Waals surface area contributed by atoms with Crippen molar-refractivity contribution in [2.45, 2.75) is 12.0 Å². The standard InChI is InChI=1S/C29H30N2O8/c1-31-27(16-6-8-20(34-2)22(12-16)35-3)26(18-14-23(36-4)24(37-5)15-19(18)29(31)33)28(32)30-17-7-9-21-25(13-17)39-11-10-38-21/h6-9,12-15,26-27H,10-11H2,1-5H3,(H,30,32)/t26-,27+/m1/s1. The fraction of sp³-hybridized carbons (Fsp3) is 0.310. The molecule has 2 heterocycles. The Bertz CT molecular complexity index is 1420. The molecule has 0 fully saturated rings. The molecule has 0 aromatic heterocycles. The molecule has 204 valence electrons. The molecule has 2 atom stereocenters. The highest BCUT2D eigenvalue weighted by atomic mass is 16.6. The van der Waals surface area contributed by atoms with Crippen molar-refractivity contribution in [2.75, 3.05) is 54.0 Å². The van der Waals surface area contributed by atoms with Gasteiger partial charge in [0, 0.05) is 24.4 Å². The second-order valence-corrected chi connectivity index (χ2v) is 9.10. The van der Waals surface area contributed by atoms with E-state index in [1.807, 2.05) is 6.07 Å². The first kappa shape index (κ1) is 26.0. The van der Waals surface area contributed by atoms with Crippen molar-refractivity contribution in [3.8, 4) is 34.5 Å². The van der Waals surface area contributed by atoms with Crippen LogP contribution in [0.25, 0.3) is 0 Å². The zero-order chi connectivity index (χ0) is 27.7. The fourth-order valence-corrected chi connectivity index (χ4v) is 5.13. The molecule has 0 saturated heterocycles. The Kier molecular flexibility index (Phi) is 7.10. The van der Waals surface area contributed by atoms with Crippen LogP contribution in [-0.2, 0) is 4.79 Å². The molecule has 39 heavy (non-hydrogen) atoms. The Labute approximate surface area is 226 Å². The van der Waals surface area contributed by atoms with Crippen molar-refractivity contribution in [2.24, 2.45) is 0 Å². The van der Waals surface area contributed by atoms with E-state index in [-0.39, 0.29) is 11.8 Å². The summed E-state index contributed by atoms with van der Waals surface area (Å²) in [6.07, 6.45) is 0. The fourth-order valence-electron chi connectivity index (χ4n) is 5.13. The summed E-state index contributed by atoms with van der Waals surface area (Å²) in [5.74, 6) is 1.62. The lowest BCUT2D eigenvalue weighted by atomic mass is 9.79. The van der Waals surface area contributed by atoms with E-state index in [0.29, 0.717) is 70.1 Å². The molecule has 5 rings (SSSR count). The van der Waals surface area contributed by atoms with Gasteiger partial charge in [-0.3, -0.25) is 9.59 Å². The van der Waals surface area contributed by atoms with E-state index in [9.17, 15) is 9.59 Å². The monoisotopic (exact) mass is 534 g/mol. The molecule has 10 heteroatoms. The molecular weight excluding hydrogens is 504 g/mol. The average molecular weight is 535 g/mol. The zero-order valence-corrected chi connectivity index (χ0v) is 22.4. The third-order valence-electron chi connectivity index (χ3n) is 7.02. The van der Waals surface area contributed by atoms with Crippen molar-refractivity contribution in [3.05, 3.63) is 65.2 Å². The van der Waals surface area contributed by atoms with Gasteiger partial charge in [0.2, 0.25) is 5.91 Å². The number of methoxy groups -OCH3 is 4. The molecule has 0 saturated carbocycles. The highest BCUT2D eigenvalue weighted by molar-refractivity contribution is 6.05. The number of nitrogens with zero attached hydrogens (tertiary/aromatic N) is 1. The van der Waals surface area contributed by atoms with E-state index in [4.69, 9.17) is 28.4 Å². The number of fused-ring (bicyclic) bond motifs is 2. The van der Waals surface area contributed by atoms with Crippen LogP contribution in [0.15, 0.2) is 48.5 Å². The summed E-state index contributed by atoms with van der Waals surface area (Å²) >= 11 is 0. The summed E-state index contributed by atoms with van der Waals surface area (Å²) in [6, 6.07) is 13.2. The van der Waals surface area contributed by atoms with Gasteiger partial charge in [-0.05, 0) is 47.5 Å². The highest BCUT2D eigenvalue weighted by Crippen LogP contribution is 2.47. The Morgan fingerprint density at radius 1 is 0.821 bits per heavy atom. The second-order valence-electron chi connectivity index (χ2n) is 9.10. The maximum Gasteiger partial charge on any atom is 0.254 e. The van der Waals surface area contributed by atoms with Crippen LogP contribution in [0.4, 0.5) is 5.69 Å². The van der Waals surface area contributed by atoms with Crippen LogP contribution in [-0.4, -0.2) is 65.4 Å². The van der Waals surface area contributed by atoms with E-state index in [1.54, 1.807) is 61.5 Å². The second kappa shape index (κ2) is 10.6. The Balaban J connectivity index is 1.63. The van der Waals surface area contributed by atoms with Crippen molar-refractivity contribution < 1.29 is 38.0 Å². The summed E-state index contributed by atoms with van der Waals surface area (Å²) in [7, 11) is 7.77. The molecule has 0 spiro atoms. The van der Waals surface area contributed by atoms with E-state index in [1.165, 1.54) is 21.3 Å². The van der Waals surface area contributed by atoms with Crippen molar-refractivity contribution >= 4 is 17.5 Å². The molecule has 2 aliphatic rings. The molecule has 3 aromatic rings. The number of hydrogen-bond donors (Lipinski definition) is 1. The number of anilines is 1. The molecule has 10 nitrogen and oxygen atoms in total. The van der Waals surface area contributed by atoms with Crippen molar-refractivity contribution in [1.29, 1.82) is 0 Å². The minimum Gasteiger partial charge on any atom is -0.493 e. The summed E-state index contributed by atoms with van der Waals surface area (Å²) in [6.45, 7) is 0.895. The van der Waals surface area contributed by atoms with Gasteiger partial charge in [-0.25, -0.2) is 0 Å². The molecule has 0 unspecified atom stereocenters. The first-order valence-electron chi connectivity index (χ1n) is 12.4. The summed E-state index contributed by atoms with van der Waals surface area (Å²) < 4.78 is 33.2. The molecule has 0 bridgehead atoms. The number of benzene rings is 3. The van der Waals surface area contributed by atoms with Crippen LogP contribution in [0.1, 0.15) is 33.4 Å². The van der Waals surface area contributed by atoms with Gasteiger partial charge in [0.25, 0.3) is 5.91 Å². The van der Waals surface area contributed by atoms with Gasteiger partial charge in [0.15, 0.2) is 34.5 Å². The SMILES string of the molecule is COc1ccc([C@H]2[C@H](C(=O)Nc3ccc4c(c3)OCCO4)c3cc(OC)c(OC)cc3C(=O)N2C)cc1OC. The maximum absolute atomic E-state index is 14.1. The summed E-state index contributed by atoms with van der Waals surface area (Å²) in [5, 5.41) is 3.01. The molecule has 2 aliphatic heterocycles. The van der Waals surface area contributed by atoms with Crippen LogP contribution in [0, 0.1) is 0 Å². The normalized spacial score (nSPS) is 17.7. The molecule has 0 radical (unpaired) electrons. The van der Waals surface area contributed by atoms with Crippen LogP contribution < -0.4 is 33.7 Å². The van der Waals surface area contributed by atoms with Gasteiger partial charge >= 0.3 is 0 Å². The molecule has 1 N–H and O–H groups in total. The predicted molar refractivity (Wildman–Crippen MR) is 143 cm³/mol. The Hall–Kier alpha value is -4.60. The number of amides is 2. The number of ether oxygens (including phenoxy) is 6. The molecule has 3 aromatic carbocycles. The third-order valence-corrected chi connectivity index (χ3v) is 7.02. The maximum atomic E-state index is 14.1. The minimum absolute atomic E-state index is 0.255. The lowest BCUT2D eigenvalue weighted by Crippen LogP contribution is -2.44. The number of carbonyl (C=O) groups is 2. The van der Waals surface area contributed by atoms with E-state index >= 15 is 0 Å². The zero-order valence-electron chi connectivity index (χ0n) is 22.4. The van der Waals surface area contributed by atoms with Gasteiger partial charge in [-0.15, -0.1) is 0 Å². The van der Waals surface area contributed by atoms with Gasteiger partial charge < -0.3 is 38.6 Å². The van der Waals surface area contributed by atoms with Crippen LogP contribution in [0.3, 0.4) is 0 Å². The largest absolute Gasteiger partial charge is 0.493 e. The molecular formula is C29H30N2O8. The predicted octanol–water partition coefficient (Wildman–Crippen LogP) is 4.04. The Morgan fingerprint density at radius 2 is 1.46 bits per heavy atom. The number of likely N-dealkylation sites (N-methyl/N-ethyl adjacent to an activating group) is 1. The lowest BCUT2D eigenvalue weighted by molar-refractivity contribution is -0.119. The van der Waals surface area contributed by atoms with E-state index in [2.05, 4.69) is 5.32 Å². The van der Waals surface area contributed by atoms with Gasteiger partial charge in [-0.1, -0.05) is 6.07 Å². The summed E-state index contributed by atoms with van der Waals surface area (Å²) in [4.78, 5) is 29.3. The summed E-state index contributed by atoms with van der Waals surface area (Å²) in [5.41, 5.74) is 2.11. The van der Waals surface area contributed by atoms with Gasteiger partial charge in [0.1, 0.15) is 13.2 Å². The van der Waals surface area contributed by atoms with Crippen LogP contribution >= 0.6 is 0 Å². The lowest BCUT2D eigenvalue weighted by Gasteiger charge is -2.40. The quantitative estimate of drug-likeness (QED) is 0.484. The smallest absolute Gasteiger partial charge is 0.254 e. The van der Waals surface area contributed by atoms with Crippen molar-refractivity contribution in [1.82, 2.24) is 4.90 Å². The first-order valence-corrected chi connectivity index (χ1v) is 12.4. The Morgan fingerprint density at radius 3 is 2.15 bits per heavy atom. The number of rotatable bonds is 7. The topological polar surface area (TPSA) is 105 Å². The highest BCUT2D eigenvalue weighted by Gasteiger charge is 2.44. The molecule has 0 aliphatic carbocycles. The van der Waals surface area contributed by atoms with E-state index < -0.39 is 12.0 Å². The van der Waals surface area contributed by atoms with Gasteiger partial charge in [-0.2, -0.15) is 0 Å². The number of carbonyl (C=O) groups excluding carboxylic acids is 2. The van der Waals surface area contributed by atoms with Crippen LogP contribution in [0.2, 0.25) is 0 Å². The number of nitrogens with one attached hydrogen (secondary N) is 1. The number of hydrogen-bond acceptors (Lipinski definition) is 8. The third kappa shape index (κ3) is 4.62. The molecule has 2 amide bonds. The van der Waals surface area contributed by atoms with E-state index in [0.717, 1.165) is 0 Å². The van der Waals surface area contributed by atoms with Crippen LogP contribution in [0.5, 0.6) is 34.5 Å². The first-order chi connectivity index (χ1) is 18.9. The average Bonchev–Trinajstić information content (AvgIpc) is 2.97.